The van der Waals surface area contributed by atoms with Gasteiger partial charge in [0.2, 0.25) is 0 Å². The van der Waals surface area contributed by atoms with Crippen LogP contribution >= 0.6 is 0 Å². The maximum Gasteiger partial charge on any atom is 0.338 e. The molecule has 0 radical (unpaired) electrons. The summed E-state index contributed by atoms with van der Waals surface area (Å²) < 4.78 is 13.6. The summed E-state index contributed by atoms with van der Waals surface area (Å²) in [5.74, 6) is -2.07. The maximum absolute atomic E-state index is 13.6. The molecule has 1 saturated carbocycles. The van der Waals surface area contributed by atoms with E-state index in [-0.39, 0.29) is 11.2 Å². The zero-order valence-electron chi connectivity index (χ0n) is 10.3. The second kappa shape index (κ2) is 4.48. The Kier molecular flexibility index (Phi) is 3.15. The highest BCUT2D eigenvalue weighted by atomic mass is 19.1. The minimum atomic E-state index is -1.31. The van der Waals surface area contributed by atoms with Gasteiger partial charge in [0.1, 0.15) is 5.82 Å². The van der Waals surface area contributed by atoms with Gasteiger partial charge in [0.25, 0.3) is 0 Å². The lowest BCUT2D eigenvalue weighted by molar-refractivity contribution is 0.0692. The third-order valence-electron chi connectivity index (χ3n) is 3.51. The van der Waals surface area contributed by atoms with Crippen molar-refractivity contribution in [3.8, 4) is 0 Å². The number of aromatic carboxylic acids is 1. The molecule has 1 fully saturated rings. The number of anilines is 2. The van der Waals surface area contributed by atoms with Crippen LogP contribution in [-0.2, 0) is 0 Å². The number of rotatable bonds is 3. The summed E-state index contributed by atoms with van der Waals surface area (Å²) in [5, 5.41) is 12.0. The highest BCUT2D eigenvalue weighted by Crippen LogP contribution is 2.35. The van der Waals surface area contributed by atoms with Crippen molar-refractivity contribution in [3.63, 3.8) is 0 Å². The van der Waals surface area contributed by atoms with Crippen molar-refractivity contribution >= 4 is 17.3 Å². The van der Waals surface area contributed by atoms with Crippen LogP contribution in [0.25, 0.3) is 0 Å². The Morgan fingerprint density at radius 3 is 2.61 bits per heavy atom. The molecule has 1 aliphatic rings. The summed E-state index contributed by atoms with van der Waals surface area (Å²) in [6.45, 7) is 2.07. The molecule has 1 aliphatic carbocycles. The molecule has 1 aromatic carbocycles. The lowest BCUT2D eigenvalue weighted by Crippen LogP contribution is -2.31. The summed E-state index contributed by atoms with van der Waals surface area (Å²) in [5.41, 5.74) is 6.04. The van der Waals surface area contributed by atoms with Crippen molar-refractivity contribution in [2.24, 2.45) is 0 Å². The fraction of sp³-hybridized carbons (Fsp3) is 0.462. The van der Waals surface area contributed by atoms with Crippen molar-refractivity contribution in [2.45, 2.75) is 38.1 Å². The summed E-state index contributed by atoms with van der Waals surface area (Å²) in [7, 11) is 0. The van der Waals surface area contributed by atoms with Crippen LogP contribution in [0.5, 0.6) is 0 Å². The number of nitrogen functional groups attached to an aromatic ring is 1. The average molecular weight is 252 g/mol. The Labute approximate surface area is 105 Å². The lowest BCUT2D eigenvalue weighted by Gasteiger charge is -2.27. The van der Waals surface area contributed by atoms with E-state index in [0.717, 1.165) is 31.7 Å². The molecule has 98 valence electrons. The van der Waals surface area contributed by atoms with Crippen LogP contribution in [0.3, 0.4) is 0 Å². The van der Waals surface area contributed by atoms with Gasteiger partial charge in [0, 0.05) is 5.54 Å². The Balaban J connectivity index is 2.29. The van der Waals surface area contributed by atoms with Crippen LogP contribution in [0.4, 0.5) is 15.8 Å². The third kappa shape index (κ3) is 2.39. The quantitative estimate of drug-likeness (QED) is 0.723. The first kappa shape index (κ1) is 12.7. The normalized spacial score (nSPS) is 17.7. The molecule has 0 saturated heterocycles. The maximum atomic E-state index is 13.6. The number of nitrogens with one attached hydrogen (secondary N) is 1. The largest absolute Gasteiger partial charge is 0.478 e. The number of carbonyl (C=O) groups is 1. The summed E-state index contributed by atoms with van der Waals surface area (Å²) in [6.07, 6.45) is 4.29. The van der Waals surface area contributed by atoms with E-state index >= 15 is 0 Å². The number of halogens is 1. The van der Waals surface area contributed by atoms with Gasteiger partial charge in [-0.25, -0.2) is 9.18 Å². The number of hydrogen-bond donors (Lipinski definition) is 3. The van der Waals surface area contributed by atoms with Crippen LogP contribution in [0.1, 0.15) is 43.0 Å². The fourth-order valence-electron chi connectivity index (χ4n) is 2.47. The van der Waals surface area contributed by atoms with Gasteiger partial charge in [0.15, 0.2) is 0 Å². The highest BCUT2D eigenvalue weighted by molar-refractivity contribution is 5.90. The van der Waals surface area contributed by atoms with E-state index in [0.29, 0.717) is 5.69 Å². The first-order valence-corrected chi connectivity index (χ1v) is 6.02. The van der Waals surface area contributed by atoms with Gasteiger partial charge in [-0.2, -0.15) is 0 Å². The monoisotopic (exact) mass is 252 g/mol. The van der Waals surface area contributed by atoms with E-state index < -0.39 is 17.3 Å². The lowest BCUT2D eigenvalue weighted by atomic mass is 9.99. The second-order valence-corrected chi connectivity index (χ2v) is 5.12. The molecule has 1 aromatic rings. The fourth-order valence-corrected chi connectivity index (χ4v) is 2.47. The molecule has 18 heavy (non-hydrogen) atoms. The van der Waals surface area contributed by atoms with Crippen molar-refractivity contribution < 1.29 is 14.3 Å². The molecule has 0 atom stereocenters. The van der Waals surface area contributed by atoms with E-state index in [2.05, 4.69) is 12.2 Å². The van der Waals surface area contributed by atoms with Gasteiger partial charge in [-0.1, -0.05) is 12.8 Å². The Morgan fingerprint density at radius 2 is 2.06 bits per heavy atom. The first-order valence-electron chi connectivity index (χ1n) is 6.02. The van der Waals surface area contributed by atoms with Gasteiger partial charge in [-0.15, -0.1) is 0 Å². The Bertz CT molecular complexity index is 482. The van der Waals surface area contributed by atoms with E-state index in [1.807, 2.05) is 0 Å². The molecule has 0 aromatic heterocycles. The zero-order chi connectivity index (χ0) is 13.3. The number of carboxylic acid groups (broad SMARTS) is 1. The summed E-state index contributed by atoms with van der Waals surface area (Å²) in [4.78, 5) is 10.8. The predicted molar refractivity (Wildman–Crippen MR) is 68.3 cm³/mol. The third-order valence-corrected chi connectivity index (χ3v) is 3.51. The van der Waals surface area contributed by atoms with E-state index in [4.69, 9.17) is 10.8 Å². The Hall–Kier alpha value is -1.78. The molecule has 0 heterocycles. The SMILES string of the molecule is CC1(Nc2cc(F)c(C(=O)O)cc2N)CCCC1. The molecular formula is C13H17FN2O2. The van der Waals surface area contributed by atoms with Crippen molar-refractivity contribution in [1.29, 1.82) is 0 Å². The summed E-state index contributed by atoms with van der Waals surface area (Å²) >= 11 is 0. The molecule has 4 N–H and O–H groups in total. The molecule has 2 rings (SSSR count). The number of nitrogens with two attached hydrogens (primary N) is 1. The molecule has 0 spiro atoms. The van der Waals surface area contributed by atoms with Crippen LogP contribution in [0.15, 0.2) is 12.1 Å². The minimum Gasteiger partial charge on any atom is -0.478 e. The molecule has 0 amide bonds. The first-order chi connectivity index (χ1) is 8.41. The second-order valence-electron chi connectivity index (χ2n) is 5.12. The molecule has 0 bridgehead atoms. The van der Waals surface area contributed by atoms with Gasteiger partial charge in [0.05, 0.1) is 16.9 Å². The van der Waals surface area contributed by atoms with Crippen LogP contribution in [0.2, 0.25) is 0 Å². The van der Waals surface area contributed by atoms with Crippen LogP contribution < -0.4 is 11.1 Å². The average Bonchev–Trinajstić information content (AvgIpc) is 2.69. The van der Waals surface area contributed by atoms with E-state index in [1.165, 1.54) is 6.07 Å². The molecule has 4 nitrogen and oxygen atoms in total. The van der Waals surface area contributed by atoms with Crippen LogP contribution in [-0.4, -0.2) is 16.6 Å². The summed E-state index contributed by atoms with van der Waals surface area (Å²) in [6, 6.07) is 2.33. The minimum absolute atomic E-state index is 0.0781. The van der Waals surface area contributed by atoms with Gasteiger partial charge < -0.3 is 16.2 Å². The Morgan fingerprint density at radius 1 is 1.44 bits per heavy atom. The van der Waals surface area contributed by atoms with E-state index in [9.17, 15) is 9.18 Å². The predicted octanol–water partition coefficient (Wildman–Crippen LogP) is 2.85. The topological polar surface area (TPSA) is 75.3 Å². The molecule has 0 aliphatic heterocycles. The van der Waals surface area contributed by atoms with Gasteiger partial charge in [-0.05, 0) is 31.9 Å². The van der Waals surface area contributed by atoms with Crippen LogP contribution in [0, 0.1) is 5.82 Å². The van der Waals surface area contributed by atoms with Gasteiger partial charge in [-0.3, -0.25) is 0 Å². The highest BCUT2D eigenvalue weighted by Gasteiger charge is 2.29. The molecule has 0 unspecified atom stereocenters. The zero-order valence-corrected chi connectivity index (χ0v) is 10.3. The molecular weight excluding hydrogens is 235 g/mol. The van der Waals surface area contributed by atoms with Crippen molar-refractivity contribution in [3.05, 3.63) is 23.5 Å². The number of benzene rings is 1. The number of carboxylic acids is 1. The van der Waals surface area contributed by atoms with E-state index in [1.54, 1.807) is 0 Å². The standard InChI is InChI=1S/C13H17FN2O2/c1-13(4-2-3-5-13)16-11-7-9(14)8(12(17)18)6-10(11)15/h6-7,16H,2-5,15H2,1H3,(H,17,18). The molecule has 5 heteroatoms. The number of hydrogen-bond acceptors (Lipinski definition) is 3. The van der Waals surface area contributed by atoms with Gasteiger partial charge >= 0.3 is 5.97 Å². The smallest absolute Gasteiger partial charge is 0.338 e. The van der Waals surface area contributed by atoms with Crippen molar-refractivity contribution in [2.75, 3.05) is 11.1 Å². The van der Waals surface area contributed by atoms with Crippen molar-refractivity contribution in [1.82, 2.24) is 0 Å².